The first-order valence-electron chi connectivity index (χ1n) is 10.6. The van der Waals surface area contributed by atoms with Gasteiger partial charge in [-0.05, 0) is 44.6 Å². The van der Waals surface area contributed by atoms with Gasteiger partial charge in [0.1, 0.15) is 23.4 Å². The van der Waals surface area contributed by atoms with Crippen LogP contribution in [0.1, 0.15) is 42.4 Å². The van der Waals surface area contributed by atoms with Crippen molar-refractivity contribution in [2.75, 3.05) is 25.9 Å². The summed E-state index contributed by atoms with van der Waals surface area (Å²) in [5, 5.41) is 0. The average molecular weight is 411 g/mol. The average Bonchev–Trinajstić information content (AvgIpc) is 3.23. The van der Waals surface area contributed by atoms with E-state index >= 15 is 0 Å². The van der Waals surface area contributed by atoms with Crippen molar-refractivity contribution in [1.29, 1.82) is 0 Å². The van der Waals surface area contributed by atoms with Crippen molar-refractivity contribution in [3.8, 4) is 5.75 Å². The summed E-state index contributed by atoms with van der Waals surface area (Å²) in [6.45, 7) is 3.42. The van der Waals surface area contributed by atoms with E-state index in [4.69, 9.17) is 10.5 Å². The molecule has 2 atom stereocenters. The second kappa shape index (κ2) is 8.97. The van der Waals surface area contributed by atoms with E-state index in [2.05, 4.69) is 20.8 Å². The van der Waals surface area contributed by atoms with E-state index in [1.807, 2.05) is 42.2 Å². The van der Waals surface area contributed by atoms with Gasteiger partial charge in [0, 0.05) is 30.4 Å². The molecule has 2 fully saturated rings. The molecule has 2 aromatic rings. The van der Waals surface area contributed by atoms with Crippen molar-refractivity contribution in [2.45, 2.75) is 44.7 Å². The second-order valence-electron chi connectivity index (χ2n) is 8.18. The van der Waals surface area contributed by atoms with Gasteiger partial charge in [-0.3, -0.25) is 4.79 Å². The maximum Gasteiger partial charge on any atom is 0.241 e. The number of methoxy groups -OCH3 is 1. The molecule has 1 aromatic heterocycles. The summed E-state index contributed by atoms with van der Waals surface area (Å²) in [5.74, 6) is 2.75. The Morgan fingerprint density at radius 1 is 1.23 bits per heavy atom. The lowest BCUT2D eigenvalue weighted by molar-refractivity contribution is -0.134. The molecule has 0 radical (unpaired) electrons. The number of rotatable bonds is 5. The Kier molecular flexibility index (Phi) is 6.15. The van der Waals surface area contributed by atoms with Gasteiger partial charge in [0.15, 0.2) is 0 Å². The molecule has 0 saturated carbocycles. The van der Waals surface area contributed by atoms with Crippen LogP contribution in [0.15, 0.2) is 30.3 Å². The zero-order valence-corrected chi connectivity index (χ0v) is 17.6. The monoisotopic (exact) mass is 410 g/mol. The number of carbonyl (C=O) groups is 1. The lowest BCUT2D eigenvalue weighted by Gasteiger charge is -2.33. The maximum atomic E-state index is 13.0. The Bertz CT molecular complexity index is 877. The number of nitrogens with two attached hydrogens (primary N) is 1. The number of benzene rings is 1. The number of hydrogen-bond donors (Lipinski definition) is 3. The van der Waals surface area contributed by atoms with Crippen molar-refractivity contribution in [3.63, 3.8) is 0 Å². The van der Waals surface area contributed by atoms with Crippen LogP contribution in [-0.4, -0.2) is 47.0 Å². The van der Waals surface area contributed by atoms with E-state index in [-0.39, 0.29) is 18.0 Å². The maximum absolute atomic E-state index is 13.0. The zero-order chi connectivity index (χ0) is 21.1. The zero-order valence-electron chi connectivity index (χ0n) is 17.6. The number of aromatic nitrogens is 2. The van der Waals surface area contributed by atoms with Crippen LogP contribution in [0.5, 0.6) is 5.75 Å². The van der Waals surface area contributed by atoms with Gasteiger partial charge >= 0.3 is 0 Å². The number of nitrogens with one attached hydrogen (secondary N) is 2. The SMILES string of the molecule is COc1ccccc1C1CC(C(=O)N2CCC(Cc3cc(N)nc(C)n3)CC2)NN1. The first-order valence-corrected chi connectivity index (χ1v) is 10.6. The predicted octanol–water partition coefficient (Wildman–Crippen LogP) is 1.76. The van der Waals surface area contributed by atoms with Gasteiger partial charge in [-0.2, -0.15) is 0 Å². The number of carbonyl (C=O) groups excluding carboxylic acids is 1. The highest BCUT2D eigenvalue weighted by molar-refractivity contribution is 5.82. The van der Waals surface area contributed by atoms with Gasteiger partial charge in [-0.1, -0.05) is 18.2 Å². The van der Waals surface area contributed by atoms with Gasteiger partial charge in [0.2, 0.25) is 5.91 Å². The second-order valence-corrected chi connectivity index (χ2v) is 8.18. The molecule has 2 aliphatic rings. The van der Waals surface area contributed by atoms with Crippen LogP contribution < -0.4 is 21.3 Å². The summed E-state index contributed by atoms with van der Waals surface area (Å²) in [5.41, 5.74) is 14.4. The van der Waals surface area contributed by atoms with Crippen LogP contribution in [0.2, 0.25) is 0 Å². The molecule has 8 nitrogen and oxygen atoms in total. The number of anilines is 1. The first-order chi connectivity index (χ1) is 14.5. The summed E-state index contributed by atoms with van der Waals surface area (Å²) in [7, 11) is 1.67. The quantitative estimate of drug-likeness (QED) is 0.690. The molecule has 2 saturated heterocycles. The minimum atomic E-state index is -0.222. The number of piperidine rings is 1. The van der Waals surface area contributed by atoms with Gasteiger partial charge in [0.05, 0.1) is 13.2 Å². The van der Waals surface area contributed by atoms with Crippen LogP contribution in [-0.2, 0) is 11.2 Å². The Balaban J connectivity index is 1.30. The largest absolute Gasteiger partial charge is 0.496 e. The fourth-order valence-corrected chi connectivity index (χ4v) is 4.51. The molecule has 1 aromatic carbocycles. The molecular weight excluding hydrogens is 380 g/mol. The number of nitrogen functional groups attached to an aromatic ring is 1. The van der Waals surface area contributed by atoms with Crippen LogP contribution in [0.25, 0.3) is 0 Å². The van der Waals surface area contributed by atoms with Crippen LogP contribution in [0, 0.1) is 12.8 Å². The Labute approximate surface area is 177 Å². The van der Waals surface area contributed by atoms with Crippen molar-refractivity contribution in [2.24, 2.45) is 5.92 Å². The highest BCUT2D eigenvalue weighted by atomic mass is 16.5. The third-order valence-corrected chi connectivity index (χ3v) is 6.05. The molecule has 2 aliphatic heterocycles. The predicted molar refractivity (Wildman–Crippen MR) is 115 cm³/mol. The number of aryl methyl sites for hydroxylation is 1. The molecule has 3 heterocycles. The number of hydrazine groups is 1. The molecule has 0 aliphatic carbocycles. The summed E-state index contributed by atoms with van der Waals surface area (Å²) in [4.78, 5) is 23.7. The molecule has 4 N–H and O–H groups in total. The molecule has 160 valence electrons. The molecular formula is C22H30N6O2. The van der Waals surface area contributed by atoms with E-state index in [9.17, 15) is 4.79 Å². The van der Waals surface area contributed by atoms with E-state index < -0.39 is 0 Å². The first kappa shape index (κ1) is 20.6. The third-order valence-electron chi connectivity index (χ3n) is 6.05. The Morgan fingerprint density at radius 2 is 2.00 bits per heavy atom. The minimum absolute atomic E-state index is 0.0547. The fraction of sp³-hybridized carbons (Fsp3) is 0.500. The van der Waals surface area contributed by atoms with Gasteiger partial charge in [-0.25, -0.2) is 20.8 Å². The third kappa shape index (κ3) is 4.55. The number of nitrogens with zero attached hydrogens (tertiary/aromatic N) is 3. The lowest BCUT2D eigenvalue weighted by Crippen LogP contribution is -2.48. The van der Waals surface area contributed by atoms with Crippen molar-refractivity contribution in [3.05, 3.63) is 47.4 Å². The van der Waals surface area contributed by atoms with E-state index in [1.165, 1.54) is 0 Å². The summed E-state index contributed by atoms with van der Waals surface area (Å²) in [6.07, 6.45) is 3.54. The topological polar surface area (TPSA) is 105 Å². The Hall–Kier alpha value is -2.71. The normalized spacial score (nSPS) is 22.3. The highest BCUT2D eigenvalue weighted by Crippen LogP contribution is 2.31. The van der Waals surface area contributed by atoms with Gasteiger partial charge < -0.3 is 15.4 Å². The summed E-state index contributed by atoms with van der Waals surface area (Å²) >= 11 is 0. The molecule has 30 heavy (non-hydrogen) atoms. The molecule has 2 unspecified atom stereocenters. The molecule has 8 heteroatoms. The Morgan fingerprint density at radius 3 is 2.73 bits per heavy atom. The van der Waals surface area contributed by atoms with E-state index in [0.29, 0.717) is 24.0 Å². The number of hydrogen-bond acceptors (Lipinski definition) is 7. The van der Waals surface area contributed by atoms with Crippen molar-refractivity contribution in [1.82, 2.24) is 25.7 Å². The molecule has 4 rings (SSSR count). The standard InChI is InChI=1S/C22H30N6O2/c1-14-24-16(12-21(23)25-14)11-15-7-9-28(10-8-15)22(29)19-13-18(26-27-19)17-5-3-4-6-20(17)30-2/h3-6,12,15,18-19,26-27H,7-11,13H2,1-2H3,(H2,23,24,25). The van der Waals surface area contributed by atoms with E-state index in [1.54, 1.807) is 7.11 Å². The van der Waals surface area contributed by atoms with Gasteiger partial charge in [0.25, 0.3) is 0 Å². The number of likely N-dealkylation sites (tertiary alicyclic amines) is 1. The highest BCUT2D eigenvalue weighted by Gasteiger charge is 2.35. The smallest absolute Gasteiger partial charge is 0.241 e. The van der Waals surface area contributed by atoms with Crippen LogP contribution in [0.4, 0.5) is 5.82 Å². The van der Waals surface area contributed by atoms with E-state index in [0.717, 1.165) is 49.4 Å². The van der Waals surface area contributed by atoms with Crippen LogP contribution in [0.3, 0.4) is 0 Å². The number of amides is 1. The van der Waals surface area contributed by atoms with Crippen molar-refractivity contribution < 1.29 is 9.53 Å². The minimum Gasteiger partial charge on any atom is -0.496 e. The van der Waals surface area contributed by atoms with Crippen LogP contribution >= 0.6 is 0 Å². The van der Waals surface area contributed by atoms with Gasteiger partial charge in [-0.15, -0.1) is 0 Å². The molecule has 1 amide bonds. The molecule has 0 bridgehead atoms. The molecule has 0 spiro atoms. The fourth-order valence-electron chi connectivity index (χ4n) is 4.51. The number of ether oxygens (including phenoxy) is 1. The summed E-state index contributed by atoms with van der Waals surface area (Å²) in [6, 6.07) is 9.62. The lowest BCUT2D eigenvalue weighted by atomic mass is 9.91. The summed E-state index contributed by atoms with van der Waals surface area (Å²) < 4.78 is 5.47. The van der Waals surface area contributed by atoms with Crippen molar-refractivity contribution >= 4 is 11.7 Å². The number of para-hydroxylation sites is 1.